The van der Waals surface area contributed by atoms with Crippen molar-refractivity contribution in [3.05, 3.63) is 35.6 Å². The molecule has 2 aliphatic rings. The van der Waals surface area contributed by atoms with E-state index in [0.717, 1.165) is 57.2 Å². The Bertz CT molecular complexity index is 522. The lowest BCUT2D eigenvalue weighted by Gasteiger charge is -2.39. The van der Waals surface area contributed by atoms with Gasteiger partial charge in [0.15, 0.2) is 0 Å². The molecule has 3 nitrogen and oxygen atoms in total. The Balaban J connectivity index is 1.87. The van der Waals surface area contributed by atoms with Crippen LogP contribution in [0, 0.1) is 11.7 Å². The molecular formula is C18H25FN2O. The molecule has 1 saturated carbocycles. The first-order valence-corrected chi connectivity index (χ1v) is 8.41. The van der Waals surface area contributed by atoms with Crippen molar-refractivity contribution in [2.45, 2.75) is 43.9 Å². The lowest BCUT2D eigenvalue weighted by molar-refractivity contribution is -0.139. The molecule has 22 heavy (non-hydrogen) atoms. The standard InChI is InChI=1S/C18H25FN2O/c19-16-7-5-15(6-8-16)18(9-1-2-10-18)17(22)21-11-3-4-14(12-20)13-21/h5-8,14H,1-4,9-13,20H2/t14-/m0/s1. The molecule has 1 saturated heterocycles. The maximum Gasteiger partial charge on any atom is 0.233 e. The molecule has 1 aliphatic carbocycles. The van der Waals surface area contributed by atoms with Gasteiger partial charge in [-0.15, -0.1) is 0 Å². The van der Waals surface area contributed by atoms with Crippen molar-refractivity contribution >= 4 is 5.91 Å². The topological polar surface area (TPSA) is 46.3 Å². The third-order valence-electron chi connectivity index (χ3n) is 5.40. The maximum absolute atomic E-state index is 13.3. The van der Waals surface area contributed by atoms with Gasteiger partial charge >= 0.3 is 0 Å². The van der Waals surface area contributed by atoms with Crippen LogP contribution in [0.4, 0.5) is 4.39 Å². The van der Waals surface area contributed by atoms with E-state index in [2.05, 4.69) is 0 Å². The minimum Gasteiger partial charge on any atom is -0.342 e. The van der Waals surface area contributed by atoms with Crippen LogP contribution in [0.25, 0.3) is 0 Å². The predicted molar refractivity (Wildman–Crippen MR) is 84.9 cm³/mol. The van der Waals surface area contributed by atoms with Gasteiger partial charge in [-0.05, 0) is 55.8 Å². The van der Waals surface area contributed by atoms with E-state index in [-0.39, 0.29) is 11.7 Å². The Morgan fingerprint density at radius 3 is 2.55 bits per heavy atom. The van der Waals surface area contributed by atoms with Crippen LogP contribution in [0.3, 0.4) is 0 Å². The summed E-state index contributed by atoms with van der Waals surface area (Å²) < 4.78 is 13.2. The van der Waals surface area contributed by atoms with Crippen LogP contribution >= 0.6 is 0 Å². The highest BCUT2D eigenvalue weighted by Gasteiger charge is 2.45. The van der Waals surface area contributed by atoms with Crippen LogP contribution in [-0.4, -0.2) is 30.4 Å². The lowest BCUT2D eigenvalue weighted by Crippen LogP contribution is -2.50. The summed E-state index contributed by atoms with van der Waals surface area (Å²) in [5.41, 5.74) is 6.34. The number of amides is 1. The van der Waals surface area contributed by atoms with Crippen molar-refractivity contribution in [3.8, 4) is 0 Å². The number of piperidine rings is 1. The fourth-order valence-electron chi connectivity index (χ4n) is 4.12. The van der Waals surface area contributed by atoms with Crippen LogP contribution in [-0.2, 0) is 10.2 Å². The minimum absolute atomic E-state index is 0.231. The van der Waals surface area contributed by atoms with E-state index < -0.39 is 5.41 Å². The number of hydrogen-bond donors (Lipinski definition) is 1. The summed E-state index contributed by atoms with van der Waals surface area (Å²) in [5.74, 6) is 0.407. The molecule has 2 N–H and O–H groups in total. The van der Waals surface area contributed by atoms with Crippen LogP contribution in [0.1, 0.15) is 44.1 Å². The molecule has 3 rings (SSSR count). The molecule has 1 amide bonds. The van der Waals surface area contributed by atoms with Gasteiger partial charge in [0.2, 0.25) is 5.91 Å². The third kappa shape index (κ3) is 2.76. The summed E-state index contributed by atoms with van der Waals surface area (Å²) in [5, 5.41) is 0. The van der Waals surface area contributed by atoms with E-state index in [1.807, 2.05) is 4.90 Å². The third-order valence-corrected chi connectivity index (χ3v) is 5.40. The number of hydrogen-bond acceptors (Lipinski definition) is 2. The Morgan fingerprint density at radius 2 is 1.91 bits per heavy atom. The normalized spacial score (nSPS) is 24.5. The minimum atomic E-state index is -0.440. The van der Waals surface area contributed by atoms with Gasteiger partial charge in [-0.2, -0.15) is 0 Å². The largest absolute Gasteiger partial charge is 0.342 e. The van der Waals surface area contributed by atoms with Gasteiger partial charge in [-0.25, -0.2) is 4.39 Å². The quantitative estimate of drug-likeness (QED) is 0.933. The van der Waals surface area contributed by atoms with Gasteiger partial charge in [0.1, 0.15) is 5.82 Å². The fourth-order valence-corrected chi connectivity index (χ4v) is 4.12. The van der Waals surface area contributed by atoms with Crippen LogP contribution < -0.4 is 5.73 Å². The molecule has 2 fully saturated rings. The summed E-state index contributed by atoms with van der Waals surface area (Å²) in [4.78, 5) is 15.3. The Kier molecular flexibility index (Phi) is 4.48. The zero-order valence-corrected chi connectivity index (χ0v) is 13.1. The molecule has 0 spiro atoms. The number of carbonyl (C=O) groups is 1. The van der Waals surface area contributed by atoms with Crippen LogP contribution in [0.2, 0.25) is 0 Å². The van der Waals surface area contributed by atoms with E-state index in [1.54, 1.807) is 12.1 Å². The molecular weight excluding hydrogens is 279 g/mol. The molecule has 1 aliphatic heterocycles. The molecule has 120 valence electrons. The highest BCUT2D eigenvalue weighted by molar-refractivity contribution is 5.88. The summed E-state index contributed by atoms with van der Waals surface area (Å²) in [7, 11) is 0. The summed E-state index contributed by atoms with van der Waals surface area (Å²) in [6, 6.07) is 6.54. The van der Waals surface area contributed by atoms with Crippen molar-refractivity contribution in [3.63, 3.8) is 0 Å². The SMILES string of the molecule is NC[C@@H]1CCCN(C(=O)C2(c3ccc(F)cc3)CCCC2)C1. The predicted octanol–water partition coefficient (Wildman–Crippen LogP) is 2.83. The number of nitrogens with zero attached hydrogens (tertiary/aromatic N) is 1. The molecule has 1 atom stereocenters. The van der Waals surface area contributed by atoms with E-state index in [4.69, 9.17) is 5.73 Å². The van der Waals surface area contributed by atoms with Gasteiger partial charge in [-0.1, -0.05) is 25.0 Å². The number of nitrogens with two attached hydrogens (primary N) is 1. The molecule has 1 aromatic rings. The summed E-state index contributed by atoms with van der Waals surface area (Å²) >= 11 is 0. The average Bonchev–Trinajstić information content (AvgIpc) is 3.05. The van der Waals surface area contributed by atoms with Crippen LogP contribution in [0.15, 0.2) is 24.3 Å². The van der Waals surface area contributed by atoms with Crippen molar-refractivity contribution in [1.29, 1.82) is 0 Å². The monoisotopic (exact) mass is 304 g/mol. The second-order valence-corrected chi connectivity index (χ2v) is 6.79. The first-order chi connectivity index (χ1) is 10.7. The first kappa shape index (κ1) is 15.5. The number of likely N-dealkylation sites (tertiary alicyclic amines) is 1. The fraction of sp³-hybridized carbons (Fsp3) is 0.611. The summed E-state index contributed by atoms with van der Waals surface area (Å²) in [6.07, 6.45) is 6.04. The van der Waals surface area contributed by atoms with Crippen LogP contribution in [0.5, 0.6) is 0 Å². The van der Waals surface area contributed by atoms with Crippen molar-refractivity contribution in [2.24, 2.45) is 11.7 Å². The van der Waals surface area contributed by atoms with Gasteiger partial charge in [0.25, 0.3) is 0 Å². The lowest BCUT2D eigenvalue weighted by atomic mass is 9.77. The maximum atomic E-state index is 13.3. The zero-order chi connectivity index (χ0) is 15.6. The average molecular weight is 304 g/mol. The number of rotatable bonds is 3. The van der Waals surface area contributed by atoms with Crippen molar-refractivity contribution < 1.29 is 9.18 Å². The molecule has 0 unspecified atom stereocenters. The molecule has 0 radical (unpaired) electrons. The second-order valence-electron chi connectivity index (χ2n) is 6.79. The van der Waals surface area contributed by atoms with Gasteiger partial charge < -0.3 is 10.6 Å². The Labute approximate surface area is 131 Å². The highest BCUT2D eigenvalue weighted by Crippen LogP contribution is 2.43. The molecule has 0 aromatic heterocycles. The van der Waals surface area contributed by atoms with E-state index in [1.165, 1.54) is 12.1 Å². The Hall–Kier alpha value is -1.42. The smallest absolute Gasteiger partial charge is 0.233 e. The highest BCUT2D eigenvalue weighted by atomic mass is 19.1. The van der Waals surface area contributed by atoms with E-state index in [0.29, 0.717) is 12.5 Å². The number of benzene rings is 1. The molecule has 0 bridgehead atoms. The van der Waals surface area contributed by atoms with Gasteiger partial charge in [0.05, 0.1) is 5.41 Å². The van der Waals surface area contributed by atoms with Gasteiger partial charge in [-0.3, -0.25) is 4.79 Å². The molecule has 1 heterocycles. The number of carbonyl (C=O) groups excluding carboxylic acids is 1. The van der Waals surface area contributed by atoms with Crippen molar-refractivity contribution in [2.75, 3.05) is 19.6 Å². The first-order valence-electron chi connectivity index (χ1n) is 8.41. The molecule has 1 aromatic carbocycles. The summed E-state index contributed by atoms with van der Waals surface area (Å²) in [6.45, 7) is 2.25. The zero-order valence-electron chi connectivity index (χ0n) is 13.1. The Morgan fingerprint density at radius 1 is 1.23 bits per heavy atom. The van der Waals surface area contributed by atoms with E-state index in [9.17, 15) is 9.18 Å². The van der Waals surface area contributed by atoms with Gasteiger partial charge in [0, 0.05) is 13.1 Å². The van der Waals surface area contributed by atoms with Crippen molar-refractivity contribution in [1.82, 2.24) is 4.90 Å². The molecule has 4 heteroatoms. The second kappa shape index (κ2) is 6.37. The van der Waals surface area contributed by atoms with E-state index >= 15 is 0 Å². The number of halogens is 1.